The summed E-state index contributed by atoms with van der Waals surface area (Å²) in [4.78, 5) is 58.6. The average molecular weight is 500 g/mol. The summed E-state index contributed by atoms with van der Waals surface area (Å²) in [7, 11) is 0. The Morgan fingerprint density at radius 2 is 1.71 bits per heavy atom. The van der Waals surface area contributed by atoms with Gasteiger partial charge in [-0.2, -0.15) is 0 Å². The molecule has 2 heterocycles. The SMILES string of the molecule is CC(C)Cn1c(=O)[nH]c(=O)c2c(C(=O)Nc3cc(Cl)ccc3C(=O)NC(C)C)cc(C(C)C)nc21. The summed E-state index contributed by atoms with van der Waals surface area (Å²) >= 11 is 6.14. The number of carbonyl (C=O) groups excluding carboxylic acids is 2. The quantitative estimate of drug-likeness (QED) is 0.454. The summed E-state index contributed by atoms with van der Waals surface area (Å²) in [5.41, 5.74) is -0.122. The maximum absolute atomic E-state index is 13.5. The Labute approximate surface area is 207 Å². The number of carbonyl (C=O) groups is 2. The first kappa shape index (κ1) is 26.2. The zero-order valence-corrected chi connectivity index (χ0v) is 21.4. The van der Waals surface area contributed by atoms with Crippen molar-refractivity contribution in [2.24, 2.45) is 5.92 Å². The Bertz CT molecular complexity index is 1410. The Morgan fingerprint density at radius 1 is 1.03 bits per heavy atom. The topological polar surface area (TPSA) is 126 Å². The first-order chi connectivity index (χ1) is 16.4. The van der Waals surface area contributed by atoms with Crippen molar-refractivity contribution >= 4 is 40.1 Å². The van der Waals surface area contributed by atoms with Gasteiger partial charge in [0.1, 0.15) is 0 Å². The molecule has 1 aromatic carbocycles. The molecule has 0 aliphatic carbocycles. The van der Waals surface area contributed by atoms with E-state index in [0.717, 1.165) is 0 Å². The highest BCUT2D eigenvalue weighted by atomic mass is 35.5. The monoisotopic (exact) mass is 499 g/mol. The van der Waals surface area contributed by atoms with Gasteiger partial charge in [-0.25, -0.2) is 9.78 Å². The number of H-pyrrole nitrogens is 1. The largest absolute Gasteiger partial charge is 0.350 e. The van der Waals surface area contributed by atoms with E-state index in [1.54, 1.807) is 12.1 Å². The number of aromatic amines is 1. The molecule has 0 saturated heterocycles. The lowest BCUT2D eigenvalue weighted by molar-refractivity contribution is 0.0944. The van der Waals surface area contributed by atoms with E-state index in [1.807, 2.05) is 41.5 Å². The number of nitrogens with one attached hydrogen (secondary N) is 3. The van der Waals surface area contributed by atoms with Crippen LogP contribution in [0.5, 0.6) is 0 Å². The lowest BCUT2D eigenvalue weighted by Crippen LogP contribution is -2.34. The second kappa shape index (κ2) is 10.4. The van der Waals surface area contributed by atoms with E-state index in [2.05, 4.69) is 20.6 Å². The van der Waals surface area contributed by atoms with E-state index in [4.69, 9.17) is 11.6 Å². The van der Waals surface area contributed by atoms with E-state index < -0.39 is 17.2 Å². The smallest absolute Gasteiger partial charge is 0.330 e. The molecule has 0 radical (unpaired) electrons. The van der Waals surface area contributed by atoms with Crippen LogP contribution in [0.15, 0.2) is 33.9 Å². The molecule has 35 heavy (non-hydrogen) atoms. The fraction of sp³-hybridized carbons (Fsp3) is 0.400. The molecule has 2 amide bonds. The molecule has 186 valence electrons. The van der Waals surface area contributed by atoms with Crippen LogP contribution in [0.25, 0.3) is 11.0 Å². The van der Waals surface area contributed by atoms with Crippen molar-refractivity contribution in [3.8, 4) is 0 Å². The molecular weight excluding hydrogens is 470 g/mol. The summed E-state index contributed by atoms with van der Waals surface area (Å²) < 4.78 is 1.38. The Morgan fingerprint density at radius 3 is 2.31 bits per heavy atom. The molecule has 0 unspecified atom stereocenters. The van der Waals surface area contributed by atoms with Crippen LogP contribution in [0.3, 0.4) is 0 Å². The molecule has 0 saturated carbocycles. The third kappa shape index (κ3) is 5.79. The number of aromatic nitrogens is 3. The van der Waals surface area contributed by atoms with Crippen LogP contribution < -0.4 is 21.9 Å². The number of benzene rings is 1. The second-order valence-corrected chi connectivity index (χ2v) is 9.92. The zero-order valence-electron chi connectivity index (χ0n) is 20.7. The molecule has 10 heteroatoms. The molecule has 0 bridgehead atoms. The first-order valence-electron chi connectivity index (χ1n) is 11.5. The minimum absolute atomic E-state index is 0.00219. The number of anilines is 1. The van der Waals surface area contributed by atoms with Gasteiger partial charge in [-0.1, -0.05) is 39.3 Å². The Kier molecular flexibility index (Phi) is 7.80. The predicted octanol–water partition coefficient (Wildman–Crippen LogP) is 3.91. The van der Waals surface area contributed by atoms with Gasteiger partial charge in [-0.15, -0.1) is 0 Å². The van der Waals surface area contributed by atoms with Gasteiger partial charge in [0, 0.05) is 23.3 Å². The molecule has 3 N–H and O–H groups in total. The van der Waals surface area contributed by atoms with Crippen molar-refractivity contribution in [2.75, 3.05) is 5.32 Å². The van der Waals surface area contributed by atoms with Gasteiger partial charge in [0.05, 0.1) is 22.2 Å². The molecule has 2 aromatic heterocycles. The van der Waals surface area contributed by atoms with Crippen molar-refractivity contribution < 1.29 is 9.59 Å². The van der Waals surface area contributed by atoms with Gasteiger partial charge < -0.3 is 10.6 Å². The zero-order chi connectivity index (χ0) is 26.0. The predicted molar refractivity (Wildman–Crippen MR) is 138 cm³/mol. The van der Waals surface area contributed by atoms with Crippen LogP contribution in [0.2, 0.25) is 5.02 Å². The minimum atomic E-state index is -0.707. The second-order valence-electron chi connectivity index (χ2n) is 9.48. The third-order valence-corrected chi connectivity index (χ3v) is 5.48. The molecule has 0 fully saturated rings. The van der Waals surface area contributed by atoms with Gasteiger partial charge in [0.15, 0.2) is 5.65 Å². The van der Waals surface area contributed by atoms with Crippen molar-refractivity contribution in [2.45, 2.75) is 60.0 Å². The molecule has 0 spiro atoms. The van der Waals surface area contributed by atoms with Gasteiger partial charge >= 0.3 is 5.69 Å². The van der Waals surface area contributed by atoms with Crippen molar-refractivity contribution in [3.63, 3.8) is 0 Å². The van der Waals surface area contributed by atoms with E-state index in [9.17, 15) is 19.2 Å². The van der Waals surface area contributed by atoms with Crippen LogP contribution in [-0.2, 0) is 6.54 Å². The van der Waals surface area contributed by atoms with Crippen LogP contribution >= 0.6 is 11.6 Å². The van der Waals surface area contributed by atoms with E-state index in [1.165, 1.54) is 16.7 Å². The molecule has 3 rings (SSSR count). The number of hydrogen-bond donors (Lipinski definition) is 3. The number of pyridine rings is 1. The summed E-state index contributed by atoms with van der Waals surface area (Å²) in [5, 5.41) is 5.85. The van der Waals surface area contributed by atoms with Crippen LogP contribution in [0, 0.1) is 5.92 Å². The highest BCUT2D eigenvalue weighted by molar-refractivity contribution is 6.31. The third-order valence-electron chi connectivity index (χ3n) is 5.25. The lowest BCUT2D eigenvalue weighted by Gasteiger charge is -2.17. The lowest BCUT2D eigenvalue weighted by atomic mass is 10.0. The first-order valence-corrected chi connectivity index (χ1v) is 11.9. The maximum atomic E-state index is 13.5. The van der Waals surface area contributed by atoms with Gasteiger partial charge in [-0.3, -0.25) is 23.9 Å². The Balaban J connectivity index is 2.21. The van der Waals surface area contributed by atoms with Crippen molar-refractivity contribution in [3.05, 3.63) is 66.9 Å². The highest BCUT2D eigenvalue weighted by Gasteiger charge is 2.22. The molecule has 0 aliphatic heterocycles. The average Bonchev–Trinajstić information content (AvgIpc) is 2.74. The number of fused-ring (bicyclic) bond motifs is 1. The minimum Gasteiger partial charge on any atom is -0.350 e. The summed E-state index contributed by atoms with van der Waals surface area (Å²) in [5.74, 6) is -0.984. The van der Waals surface area contributed by atoms with E-state index in [-0.39, 0.29) is 51.6 Å². The number of nitrogens with zero attached hydrogens (tertiary/aromatic N) is 2. The van der Waals surface area contributed by atoms with Crippen molar-refractivity contribution in [1.29, 1.82) is 0 Å². The summed E-state index contributed by atoms with van der Waals surface area (Å²) in [6, 6.07) is 5.98. The molecule has 3 aromatic rings. The molecule has 0 atom stereocenters. The van der Waals surface area contributed by atoms with E-state index >= 15 is 0 Å². The van der Waals surface area contributed by atoms with Gasteiger partial charge in [0.25, 0.3) is 17.4 Å². The Hall–Kier alpha value is -3.46. The number of hydrogen-bond acceptors (Lipinski definition) is 5. The van der Waals surface area contributed by atoms with E-state index in [0.29, 0.717) is 17.3 Å². The van der Waals surface area contributed by atoms with Gasteiger partial charge in [0.2, 0.25) is 0 Å². The van der Waals surface area contributed by atoms with Crippen molar-refractivity contribution in [1.82, 2.24) is 19.9 Å². The summed E-state index contributed by atoms with van der Waals surface area (Å²) in [6.45, 7) is 11.6. The normalized spacial score (nSPS) is 11.5. The van der Waals surface area contributed by atoms with Crippen LogP contribution in [0.4, 0.5) is 5.69 Å². The molecular formula is C25H30ClN5O4. The number of halogens is 1. The highest BCUT2D eigenvalue weighted by Crippen LogP contribution is 2.25. The van der Waals surface area contributed by atoms with Crippen LogP contribution in [-0.4, -0.2) is 32.4 Å². The fourth-order valence-corrected chi connectivity index (χ4v) is 3.82. The number of amides is 2. The standard InChI is InChI=1S/C25H30ClN5O4/c1-12(2)11-31-21-20(24(34)30-25(31)35)17(10-18(28-21)13(3)4)23(33)29-19-9-15(26)7-8-16(19)22(32)27-14(5)6/h7-10,12-14H,11H2,1-6H3,(H,27,32)(H,29,33)(H,30,34,35). The fourth-order valence-electron chi connectivity index (χ4n) is 3.65. The molecule has 9 nitrogen and oxygen atoms in total. The summed E-state index contributed by atoms with van der Waals surface area (Å²) in [6.07, 6.45) is 0. The maximum Gasteiger partial charge on any atom is 0.330 e. The van der Waals surface area contributed by atoms with Crippen LogP contribution in [0.1, 0.15) is 73.9 Å². The van der Waals surface area contributed by atoms with Gasteiger partial charge in [-0.05, 0) is 49.9 Å². The molecule has 0 aliphatic rings. The number of rotatable bonds is 7.